The van der Waals surface area contributed by atoms with Gasteiger partial charge in [-0.15, -0.1) is 0 Å². The van der Waals surface area contributed by atoms with Crippen LogP contribution in [0.3, 0.4) is 0 Å². The number of benzene rings is 1. The van der Waals surface area contributed by atoms with Gasteiger partial charge in [-0.2, -0.15) is 0 Å². The summed E-state index contributed by atoms with van der Waals surface area (Å²) in [6, 6.07) is 7.85. The SMILES string of the molecule is Cc1ncc(-c2ccccc2Br)c(Cl)n1. The first-order valence-electron chi connectivity index (χ1n) is 4.42. The van der Waals surface area contributed by atoms with Crippen LogP contribution in [0.5, 0.6) is 0 Å². The third kappa shape index (κ3) is 2.19. The number of halogens is 2. The van der Waals surface area contributed by atoms with E-state index in [0.29, 0.717) is 11.0 Å². The van der Waals surface area contributed by atoms with Crippen molar-refractivity contribution in [3.63, 3.8) is 0 Å². The molecule has 0 N–H and O–H groups in total. The Morgan fingerprint density at radius 2 is 1.93 bits per heavy atom. The number of nitrogens with zero attached hydrogens (tertiary/aromatic N) is 2. The van der Waals surface area contributed by atoms with Gasteiger partial charge < -0.3 is 0 Å². The Hall–Kier alpha value is -0.930. The van der Waals surface area contributed by atoms with Crippen molar-refractivity contribution >= 4 is 27.5 Å². The van der Waals surface area contributed by atoms with Gasteiger partial charge in [-0.25, -0.2) is 9.97 Å². The molecule has 0 spiro atoms. The van der Waals surface area contributed by atoms with E-state index >= 15 is 0 Å². The van der Waals surface area contributed by atoms with Gasteiger partial charge in [-0.1, -0.05) is 45.7 Å². The van der Waals surface area contributed by atoms with Crippen molar-refractivity contribution in [2.75, 3.05) is 0 Å². The highest BCUT2D eigenvalue weighted by molar-refractivity contribution is 9.10. The van der Waals surface area contributed by atoms with Crippen LogP contribution in [0, 0.1) is 6.92 Å². The molecule has 0 amide bonds. The standard InChI is InChI=1S/C11H8BrClN2/c1-7-14-6-9(11(13)15-7)8-4-2-3-5-10(8)12/h2-6H,1H3. The van der Waals surface area contributed by atoms with Crippen LogP contribution in [0.1, 0.15) is 5.82 Å². The van der Waals surface area contributed by atoms with E-state index in [1.54, 1.807) is 6.20 Å². The fourth-order valence-electron chi connectivity index (χ4n) is 1.30. The van der Waals surface area contributed by atoms with Crippen molar-refractivity contribution in [1.82, 2.24) is 9.97 Å². The predicted octanol–water partition coefficient (Wildman–Crippen LogP) is 3.87. The van der Waals surface area contributed by atoms with Gasteiger partial charge in [0.05, 0.1) is 0 Å². The van der Waals surface area contributed by atoms with Gasteiger partial charge in [-0.3, -0.25) is 0 Å². The molecule has 0 bridgehead atoms. The van der Waals surface area contributed by atoms with Crippen molar-refractivity contribution in [3.8, 4) is 11.1 Å². The number of hydrogen-bond acceptors (Lipinski definition) is 2. The largest absolute Gasteiger partial charge is 0.241 e. The molecule has 1 heterocycles. The third-order valence-corrected chi connectivity index (χ3v) is 3.01. The molecule has 0 aliphatic carbocycles. The first-order valence-corrected chi connectivity index (χ1v) is 5.59. The van der Waals surface area contributed by atoms with Crippen LogP contribution in [0.15, 0.2) is 34.9 Å². The number of rotatable bonds is 1. The molecule has 0 atom stereocenters. The van der Waals surface area contributed by atoms with Crippen LogP contribution in [0.4, 0.5) is 0 Å². The number of hydrogen-bond donors (Lipinski definition) is 0. The van der Waals surface area contributed by atoms with E-state index < -0.39 is 0 Å². The highest BCUT2D eigenvalue weighted by atomic mass is 79.9. The average Bonchev–Trinajstić information content (AvgIpc) is 2.20. The first kappa shape index (κ1) is 10.6. The topological polar surface area (TPSA) is 25.8 Å². The molecule has 0 unspecified atom stereocenters. The van der Waals surface area contributed by atoms with Crippen molar-refractivity contribution in [2.45, 2.75) is 6.92 Å². The fourth-order valence-corrected chi connectivity index (χ4v) is 2.07. The zero-order valence-corrected chi connectivity index (χ0v) is 10.4. The van der Waals surface area contributed by atoms with Gasteiger partial charge in [0.15, 0.2) is 0 Å². The second kappa shape index (κ2) is 4.29. The van der Waals surface area contributed by atoms with E-state index in [1.165, 1.54) is 0 Å². The summed E-state index contributed by atoms with van der Waals surface area (Å²) in [5, 5.41) is 0.481. The van der Waals surface area contributed by atoms with Gasteiger partial charge in [0.2, 0.25) is 0 Å². The molecule has 0 aliphatic rings. The Morgan fingerprint density at radius 1 is 1.20 bits per heavy atom. The Bertz CT molecular complexity index is 500. The van der Waals surface area contributed by atoms with E-state index in [1.807, 2.05) is 31.2 Å². The maximum atomic E-state index is 6.06. The molecule has 2 rings (SSSR count). The smallest absolute Gasteiger partial charge is 0.140 e. The molecule has 1 aromatic heterocycles. The highest BCUT2D eigenvalue weighted by Gasteiger charge is 2.08. The zero-order valence-electron chi connectivity index (χ0n) is 8.04. The summed E-state index contributed by atoms with van der Waals surface area (Å²) in [6.07, 6.45) is 1.74. The van der Waals surface area contributed by atoms with E-state index in [0.717, 1.165) is 15.6 Å². The van der Waals surface area contributed by atoms with Crippen LogP contribution in [0.2, 0.25) is 5.15 Å². The van der Waals surface area contributed by atoms with E-state index in [9.17, 15) is 0 Å². The summed E-state index contributed by atoms with van der Waals surface area (Å²) in [6.45, 7) is 1.82. The van der Waals surface area contributed by atoms with Gasteiger partial charge >= 0.3 is 0 Å². The van der Waals surface area contributed by atoms with Gasteiger partial charge in [0, 0.05) is 21.8 Å². The van der Waals surface area contributed by atoms with E-state index in [-0.39, 0.29) is 0 Å². The normalized spacial score (nSPS) is 10.3. The summed E-state index contributed by atoms with van der Waals surface area (Å²) in [4.78, 5) is 8.27. The van der Waals surface area contributed by atoms with Crippen molar-refractivity contribution in [1.29, 1.82) is 0 Å². The molecule has 76 valence electrons. The van der Waals surface area contributed by atoms with E-state index in [4.69, 9.17) is 11.6 Å². The number of aromatic nitrogens is 2. The minimum absolute atomic E-state index is 0.481. The zero-order chi connectivity index (χ0) is 10.8. The highest BCUT2D eigenvalue weighted by Crippen LogP contribution is 2.31. The summed E-state index contributed by atoms with van der Waals surface area (Å²) in [5.74, 6) is 0.677. The second-order valence-electron chi connectivity index (χ2n) is 3.10. The molecular weight excluding hydrogens is 275 g/mol. The summed E-state index contributed by atoms with van der Waals surface area (Å²) < 4.78 is 0.986. The Balaban J connectivity index is 2.60. The molecule has 0 fully saturated rings. The minimum Gasteiger partial charge on any atom is -0.241 e. The molecule has 0 saturated heterocycles. The lowest BCUT2D eigenvalue weighted by molar-refractivity contribution is 1.06. The van der Waals surface area contributed by atoms with Gasteiger partial charge in [0.1, 0.15) is 11.0 Å². The molecule has 2 nitrogen and oxygen atoms in total. The third-order valence-electron chi connectivity index (χ3n) is 2.03. The number of aryl methyl sites for hydroxylation is 1. The first-order chi connectivity index (χ1) is 7.18. The predicted molar refractivity (Wildman–Crippen MR) is 64.9 cm³/mol. The molecule has 0 radical (unpaired) electrons. The monoisotopic (exact) mass is 282 g/mol. The molecule has 0 saturated carbocycles. The van der Waals surface area contributed by atoms with Gasteiger partial charge in [-0.05, 0) is 13.0 Å². The van der Waals surface area contributed by atoms with Crippen LogP contribution in [-0.4, -0.2) is 9.97 Å². The fraction of sp³-hybridized carbons (Fsp3) is 0.0909. The molecule has 4 heteroatoms. The lowest BCUT2D eigenvalue weighted by atomic mass is 10.1. The maximum absolute atomic E-state index is 6.06. The quantitative estimate of drug-likeness (QED) is 0.743. The van der Waals surface area contributed by atoms with Crippen molar-refractivity contribution < 1.29 is 0 Å². The Kier molecular flexibility index (Phi) is 3.03. The maximum Gasteiger partial charge on any atom is 0.140 e. The van der Waals surface area contributed by atoms with Crippen molar-refractivity contribution in [2.24, 2.45) is 0 Å². The minimum atomic E-state index is 0.481. The Morgan fingerprint density at radius 3 is 2.60 bits per heavy atom. The Labute approximate surface area is 101 Å². The van der Waals surface area contributed by atoms with Gasteiger partial charge in [0.25, 0.3) is 0 Å². The summed E-state index contributed by atoms with van der Waals surface area (Å²) >= 11 is 9.54. The lowest BCUT2D eigenvalue weighted by Crippen LogP contribution is -1.91. The van der Waals surface area contributed by atoms with E-state index in [2.05, 4.69) is 25.9 Å². The second-order valence-corrected chi connectivity index (χ2v) is 4.31. The van der Waals surface area contributed by atoms with Crippen molar-refractivity contribution in [3.05, 3.63) is 45.9 Å². The van der Waals surface area contributed by atoms with Crippen LogP contribution < -0.4 is 0 Å². The molecule has 0 aliphatic heterocycles. The molecule has 1 aromatic carbocycles. The summed E-state index contributed by atoms with van der Waals surface area (Å²) in [5.41, 5.74) is 1.84. The molecule has 2 aromatic rings. The van der Waals surface area contributed by atoms with Crippen LogP contribution in [0.25, 0.3) is 11.1 Å². The van der Waals surface area contributed by atoms with Crippen LogP contribution in [-0.2, 0) is 0 Å². The average molecular weight is 284 g/mol. The summed E-state index contributed by atoms with van der Waals surface area (Å²) in [7, 11) is 0. The lowest BCUT2D eigenvalue weighted by Gasteiger charge is -2.05. The van der Waals surface area contributed by atoms with Crippen LogP contribution >= 0.6 is 27.5 Å². The molecule has 15 heavy (non-hydrogen) atoms. The molecular formula is C11H8BrClN2.